The Labute approximate surface area is 176 Å². The lowest BCUT2D eigenvalue weighted by Gasteiger charge is -2.27. The highest BCUT2D eigenvalue weighted by Crippen LogP contribution is 2.38. The van der Waals surface area contributed by atoms with Crippen molar-refractivity contribution in [2.45, 2.75) is 18.9 Å². The van der Waals surface area contributed by atoms with Crippen LogP contribution in [-0.4, -0.2) is 41.4 Å². The molecule has 1 aliphatic rings. The van der Waals surface area contributed by atoms with E-state index in [1.165, 1.54) is 0 Å². The first kappa shape index (κ1) is 19.4. The molecule has 148 valence electrons. The van der Waals surface area contributed by atoms with Gasteiger partial charge in [-0.15, -0.1) is 0 Å². The molecule has 1 fully saturated rings. The standard InChI is InChI=1S/C23H23ClN4O/c1-27(2)23-25-15-19(17-10-6-11-18(24)14-17)21(26-23)20-12-7-13-28(20)22(29)16-8-4-3-5-9-16/h3-6,8-11,14-15,20H,7,12-13H2,1-2H3/t20-/m1/s1. The topological polar surface area (TPSA) is 49.3 Å². The van der Waals surface area contributed by atoms with Gasteiger partial charge < -0.3 is 9.80 Å². The van der Waals surface area contributed by atoms with Crippen LogP contribution in [0.4, 0.5) is 5.95 Å². The Balaban J connectivity index is 1.79. The molecule has 0 saturated carbocycles. The number of hydrogen-bond donors (Lipinski definition) is 0. The minimum Gasteiger partial charge on any atom is -0.347 e. The third-order valence-electron chi connectivity index (χ3n) is 5.19. The Kier molecular flexibility index (Phi) is 5.49. The molecule has 2 heterocycles. The van der Waals surface area contributed by atoms with Gasteiger partial charge in [0.1, 0.15) is 0 Å². The zero-order valence-corrected chi connectivity index (χ0v) is 17.3. The molecule has 6 heteroatoms. The monoisotopic (exact) mass is 406 g/mol. The van der Waals surface area contributed by atoms with Gasteiger partial charge in [-0.3, -0.25) is 4.79 Å². The fourth-order valence-corrected chi connectivity index (χ4v) is 3.96. The molecule has 2 aromatic carbocycles. The Morgan fingerprint density at radius 3 is 2.66 bits per heavy atom. The fraction of sp³-hybridized carbons (Fsp3) is 0.261. The number of likely N-dealkylation sites (tertiary alicyclic amines) is 1. The number of carbonyl (C=O) groups excluding carboxylic acids is 1. The number of benzene rings is 2. The Hall–Kier alpha value is -2.92. The van der Waals surface area contributed by atoms with Crippen LogP contribution in [0.1, 0.15) is 34.9 Å². The number of halogens is 1. The van der Waals surface area contributed by atoms with E-state index in [1.54, 1.807) is 0 Å². The van der Waals surface area contributed by atoms with Crippen molar-refractivity contribution in [3.63, 3.8) is 0 Å². The lowest BCUT2D eigenvalue weighted by Crippen LogP contribution is -2.31. The summed E-state index contributed by atoms with van der Waals surface area (Å²) in [7, 11) is 3.83. The summed E-state index contributed by atoms with van der Waals surface area (Å²) >= 11 is 6.23. The molecular formula is C23H23ClN4O. The Bertz CT molecular complexity index is 1020. The second kappa shape index (κ2) is 8.21. The summed E-state index contributed by atoms with van der Waals surface area (Å²) in [5.41, 5.74) is 3.44. The molecule has 0 radical (unpaired) electrons. The van der Waals surface area contributed by atoms with Gasteiger partial charge in [0.25, 0.3) is 5.91 Å². The molecule has 3 aromatic rings. The Morgan fingerprint density at radius 1 is 1.14 bits per heavy atom. The largest absolute Gasteiger partial charge is 0.347 e. The molecular weight excluding hydrogens is 384 g/mol. The van der Waals surface area contributed by atoms with E-state index in [1.807, 2.05) is 84.7 Å². The van der Waals surface area contributed by atoms with Crippen LogP contribution in [0, 0.1) is 0 Å². The van der Waals surface area contributed by atoms with E-state index < -0.39 is 0 Å². The van der Waals surface area contributed by atoms with Gasteiger partial charge in [0.15, 0.2) is 0 Å². The summed E-state index contributed by atoms with van der Waals surface area (Å²) in [5, 5.41) is 0.661. The summed E-state index contributed by atoms with van der Waals surface area (Å²) in [4.78, 5) is 26.4. The van der Waals surface area contributed by atoms with E-state index >= 15 is 0 Å². The number of carbonyl (C=O) groups is 1. The number of amides is 1. The maximum atomic E-state index is 13.2. The SMILES string of the molecule is CN(C)c1ncc(-c2cccc(Cl)c2)c([C@H]2CCCN2C(=O)c2ccccc2)n1. The van der Waals surface area contributed by atoms with Gasteiger partial charge in [0.2, 0.25) is 5.95 Å². The highest BCUT2D eigenvalue weighted by atomic mass is 35.5. The van der Waals surface area contributed by atoms with Gasteiger partial charge in [-0.05, 0) is 42.7 Å². The normalized spacial score (nSPS) is 16.1. The van der Waals surface area contributed by atoms with Crippen molar-refractivity contribution in [3.05, 3.63) is 77.1 Å². The highest BCUT2D eigenvalue weighted by molar-refractivity contribution is 6.30. The van der Waals surface area contributed by atoms with Crippen molar-refractivity contribution in [2.24, 2.45) is 0 Å². The maximum Gasteiger partial charge on any atom is 0.254 e. The molecule has 0 N–H and O–H groups in total. The number of hydrogen-bond acceptors (Lipinski definition) is 4. The third-order valence-corrected chi connectivity index (χ3v) is 5.43. The summed E-state index contributed by atoms with van der Waals surface area (Å²) in [5.74, 6) is 0.667. The maximum absolute atomic E-state index is 13.2. The average molecular weight is 407 g/mol. The minimum absolute atomic E-state index is 0.0372. The van der Waals surface area contributed by atoms with E-state index in [2.05, 4.69) is 4.98 Å². The molecule has 5 nitrogen and oxygen atoms in total. The zero-order valence-electron chi connectivity index (χ0n) is 16.5. The number of rotatable bonds is 4. The van der Waals surface area contributed by atoms with Gasteiger partial charge >= 0.3 is 0 Å². The van der Waals surface area contributed by atoms with Crippen molar-refractivity contribution in [2.75, 3.05) is 25.5 Å². The minimum atomic E-state index is -0.0987. The van der Waals surface area contributed by atoms with Crippen LogP contribution in [0.25, 0.3) is 11.1 Å². The third kappa shape index (κ3) is 3.96. The van der Waals surface area contributed by atoms with E-state index in [0.29, 0.717) is 23.1 Å². The molecule has 29 heavy (non-hydrogen) atoms. The summed E-state index contributed by atoms with van der Waals surface area (Å²) < 4.78 is 0. The molecule has 0 bridgehead atoms. The van der Waals surface area contributed by atoms with Crippen molar-refractivity contribution in [1.82, 2.24) is 14.9 Å². The molecule has 0 aliphatic carbocycles. The summed E-state index contributed by atoms with van der Waals surface area (Å²) in [6, 6.07) is 17.0. The molecule has 1 atom stereocenters. The van der Waals surface area contributed by atoms with Crippen LogP contribution >= 0.6 is 11.6 Å². The van der Waals surface area contributed by atoms with Crippen LogP contribution in [0.2, 0.25) is 5.02 Å². The van der Waals surface area contributed by atoms with E-state index in [-0.39, 0.29) is 11.9 Å². The first-order valence-corrected chi connectivity index (χ1v) is 10.1. The fourth-order valence-electron chi connectivity index (χ4n) is 3.77. The second-order valence-electron chi connectivity index (χ2n) is 7.40. The lowest BCUT2D eigenvalue weighted by atomic mass is 9.99. The molecule has 1 aliphatic heterocycles. The van der Waals surface area contributed by atoms with Gasteiger partial charge in [0, 0.05) is 43.0 Å². The summed E-state index contributed by atoms with van der Waals surface area (Å²) in [6.07, 6.45) is 3.66. The number of aromatic nitrogens is 2. The summed E-state index contributed by atoms with van der Waals surface area (Å²) in [6.45, 7) is 0.717. The van der Waals surface area contributed by atoms with Crippen molar-refractivity contribution < 1.29 is 4.79 Å². The van der Waals surface area contributed by atoms with Gasteiger partial charge in [0.05, 0.1) is 11.7 Å². The van der Waals surface area contributed by atoms with Crippen LogP contribution in [0.3, 0.4) is 0 Å². The molecule has 1 amide bonds. The Morgan fingerprint density at radius 2 is 1.93 bits per heavy atom. The van der Waals surface area contributed by atoms with Crippen LogP contribution in [0.5, 0.6) is 0 Å². The number of nitrogens with zero attached hydrogens (tertiary/aromatic N) is 4. The first-order valence-electron chi connectivity index (χ1n) is 9.71. The van der Waals surface area contributed by atoms with Crippen molar-refractivity contribution >= 4 is 23.5 Å². The highest BCUT2D eigenvalue weighted by Gasteiger charge is 2.33. The van der Waals surface area contributed by atoms with E-state index in [4.69, 9.17) is 16.6 Å². The quantitative estimate of drug-likeness (QED) is 0.622. The second-order valence-corrected chi connectivity index (χ2v) is 7.83. The van der Waals surface area contributed by atoms with E-state index in [0.717, 1.165) is 29.7 Å². The molecule has 0 unspecified atom stereocenters. The molecule has 4 rings (SSSR count). The predicted molar refractivity (Wildman–Crippen MR) is 116 cm³/mol. The molecule has 1 saturated heterocycles. The van der Waals surface area contributed by atoms with Gasteiger partial charge in [-0.1, -0.05) is 41.9 Å². The van der Waals surface area contributed by atoms with Crippen molar-refractivity contribution in [1.29, 1.82) is 0 Å². The molecule has 1 aromatic heterocycles. The average Bonchev–Trinajstić information content (AvgIpc) is 3.23. The van der Waals surface area contributed by atoms with Crippen LogP contribution in [0.15, 0.2) is 60.8 Å². The van der Waals surface area contributed by atoms with Gasteiger partial charge in [-0.25, -0.2) is 9.97 Å². The smallest absolute Gasteiger partial charge is 0.254 e. The predicted octanol–water partition coefficient (Wildman–Crippen LogP) is 4.84. The van der Waals surface area contributed by atoms with Crippen LogP contribution < -0.4 is 4.90 Å². The first-order chi connectivity index (χ1) is 14.0. The molecule has 0 spiro atoms. The van der Waals surface area contributed by atoms with Crippen LogP contribution in [-0.2, 0) is 0 Å². The van der Waals surface area contributed by atoms with Crippen molar-refractivity contribution in [3.8, 4) is 11.1 Å². The zero-order chi connectivity index (χ0) is 20.4. The number of anilines is 1. The van der Waals surface area contributed by atoms with Gasteiger partial charge in [-0.2, -0.15) is 0 Å². The van der Waals surface area contributed by atoms with E-state index in [9.17, 15) is 4.79 Å². The lowest BCUT2D eigenvalue weighted by molar-refractivity contribution is 0.0733.